The molecule has 2 rings (SSSR count). The average Bonchev–Trinajstić information content (AvgIpc) is 2.76. The first kappa shape index (κ1) is 14.2. The summed E-state index contributed by atoms with van der Waals surface area (Å²) < 4.78 is 33.2. The van der Waals surface area contributed by atoms with Crippen LogP contribution in [0, 0.1) is 3.57 Å². The van der Waals surface area contributed by atoms with E-state index in [4.69, 9.17) is 4.74 Å². The molecule has 1 aromatic rings. The van der Waals surface area contributed by atoms with Gasteiger partial charge in [0.2, 0.25) is 10.0 Å². The smallest absolute Gasteiger partial charge is 0.240 e. The van der Waals surface area contributed by atoms with Crippen LogP contribution in [0.4, 0.5) is 0 Å². The molecule has 1 aromatic carbocycles. The molecule has 0 aromatic heterocycles. The van der Waals surface area contributed by atoms with Crippen molar-refractivity contribution in [2.24, 2.45) is 0 Å². The quantitative estimate of drug-likeness (QED) is 0.747. The van der Waals surface area contributed by atoms with Crippen LogP contribution in [0.1, 0.15) is 0 Å². The number of hydrogen-bond acceptors (Lipinski definition) is 4. The summed E-state index contributed by atoms with van der Waals surface area (Å²) in [7, 11) is -1.89. The highest BCUT2D eigenvalue weighted by molar-refractivity contribution is 14.1. The monoisotopic (exact) mass is 382 g/mol. The van der Waals surface area contributed by atoms with E-state index in [9.17, 15) is 8.42 Å². The molecule has 1 saturated heterocycles. The second kappa shape index (κ2) is 5.83. The molecule has 2 N–H and O–H groups in total. The van der Waals surface area contributed by atoms with Crippen LogP contribution >= 0.6 is 22.6 Å². The predicted molar refractivity (Wildman–Crippen MR) is 76.9 cm³/mol. The van der Waals surface area contributed by atoms with Crippen LogP contribution in [0.3, 0.4) is 0 Å². The first-order valence-electron chi connectivity index (χ1n) is 5.54. The Morgan fingerprint density at radius 2 is 2.00 bits per heavy atom. The minimum atomic E-state index is -3.48. The van der Waals surface area contributed by atoms with E-state index in [1.807, 2.05) is 0 Å². The van der Waals surface area contributed by atoms with E-state index < -0.39 is 10.0 Å². The van der Waals surface area contributed by atoms with Crippen molar-refractivity contribution in [3.8, 4) is 0 Å². The number of ether oxygens (including phenoxy) is 1. The molecule has 0 saturated carbocycles. The summed E-state index contributed by atoms with van der Waals surface area (Å²) in [6, 6.07) is 6.54. The molecule has 18 heavy (non-hydrogen) atoms. The van der Waals surface area contributed by atoms with E-state index in [1.54, 1.807) is 31.4 Å². The van der Waals surface area contributed by atoms with Crippen LogP contribution in [0.2, 0.25) is 0 Å². The fraction of sp³-hybridized carbons (Fsp3) is 0.455. The minimum Gasteiger partial charge on any atom is -0.378 e. The molecular weight excluding hydrogens is 367 g/mol. The molecule has 1 heterocycles. The first-order valence-corrected chi connectivity index (χ1v) is 8.10. The van der Waals surface area contributed by atoms with Crippen molar-refractivity contribution in [1.82, 2.24) is 10.0 Å². The SMILES string of the molecule is CO[C@@H]1CNCC1NS(=O)(=O)c1ccc(I)cc1. The van der Waals surface area contributed by atoms with E-state index in [1.165, 1.54) is 0 Å². The molecule has 0 amide bonds. The van der Waals surface area contributed by atoms with Gasteiger partial charge in [0.25, 0.3) is 0 Å². The second-order valence-corrected chi connectivity index (χ2v) is 7.07. The number of nitrogens with one attached hydrogen (secondary N) is 2. The molecule has 0 spiro atoms. The van der Waals surface area contributed by atoms with E-state index in [-0.39, 0.29) is 17.0 Å². The van der Waals surface area contributed by atoms with E-state index in [2.05, 4.69) is 32.6 Å². The molecule has 2 atom stereocenters. The summed E-state index contributed by atoms with van der Waals surface area (Å²) in [6.45, 7) is 1.25. The summed E-state index contributed by atoms with van der Waals surface area (Å²) in [5.41, 5.74) is 0. The van der Waals surface area contributed by atoms with Crippen molar-refractivity contribution in [2.75, 3.05) is 20.2 Å². The van der Waals surface area contributed by atoms with E-state index in [0.29, 0.717) is 13.1 Å². The molecule has 1 aliphatic heterocycles. The third-order valence-electron chi connectivity index (χ3n) is 2.89. The second-order valence-electron chi connectivity index (χ2n) is 4.11. The maximum Gasteiger partial charge on any atom is 0.240 e. The van der Waals surface area contributed by atoms with Gasteiger partial charge in [0.1, 0.15) is 0 Å². The molecule has 7 heteroatoms. The van der Waals surface area contributed by atoms with Crippen LogP contribution in [-0.4, -0.2) is 40.8 Å². The van der Waals surface area contributed by atoms with Crippen molar-refractivity contribution in [1.29, 1.82) is 0 Å². The number of methoxy groups -OCH3 is 1. The summed E-state index contributed by atoms with van der Waals surface area (Å²) in [4.78, 5) is 0.282. The molecule has 100 valence electrons. The van der Waals surface area contributed by atoms with Gasteiger partial charge in [-0.3, -0.25) is 0 Å². The number of sulfonamides is 1. The van der Waals surface area contributed by atoms with E-state index in [0.717, 1.165) is 3.57 Å². The Bertz CT molecular complexity index is 504. The lowest BCUT2D eigenvalue weighted by Crippen LogP contribution is -2.43. The molecule has 1 aliphatic rings. The highest BCUT2D eigenvalue weighted by Crippen LogP contribution is 2.14. The van der Waals surface area contributed by atoms with Crippen LogP contribution in [-0.2, 0) is 14.8 Å². The largest absolute Gasteiger partial charge is 0.378 e. The van der Waals surface area contributed by atoms with Gasteiger partial charge in [-0.05, 0) is 46.9 Å². The Labute approximate surface area is 120 Å². The number of benzene rings is 1. The van der Waals surface area contributed by atoms with Gasteiger partial charge in [0.15, 0.2) is 0 Å². The molecule has 1 fully saturated rings. The highest BCUT2D eigenvalue weighted by Gasteiger charge is 2.31. The lowest BCUT2D eigenvalue weighted by Gasteiger charge is -2.18. The van der Waals surface area contributed by atoms with Gasteiger partial charge < -0.3 is 10.1 Å². The minimum absolute atomic E-state index is 0.122. The van der Waals surface area contributed by atoms with Gasteiger partial charge in [0.05, 0.1) is 17.0 Å². The normalized spacial score (nSPS) is 24.3. The molecule has 1 unspecified atom stereocenters. The number of halogens is 1. The highest BCUT2D eigenvalue weighted by atomic mass is 127. The van der Waals surface area contributed by atoms with Gasteiger partial charge in [0, 0.05) is 23.8 Å². The van der Waals surface area contributed by atoms with Crippen LogP contribution in [0.5, 0.6) is 0 Å². The molecule has 0 radical (unpaired) electrons. The zero-order chi connectivity index (χ0) is 13.2. The van der Waals surface area contributed by atoms with Gasteiger partial charge in [-0.1, -0.05) is 0 Å². The Kier molecular flexibility index (Phi) is 4.59. The van der Waals surface area contributed by atoms with Crippen LogP contribution < -0.4 is 10.0 Å². The first-order chi connectivity index (χ1) is 8.53. The third kappa shape index (κ3) is 3.21. The molecule has 0 bridgehead atoms. The predicted octanol–water partition coefficient (Wildman–Crippen LogP) is 0.556. The Balaban J connectivity index is 2.14. The number of rotatable bonds is 4. The summed E-state index contributed by atoms with van der Waals surface area (Å²) >= 11 is 2.14. The molecule has 5 nitrogen and oxygen atoms in total. The maximum absolute atomic E-state index is 12.2. The van der Waals surface area contributed by atoms with Gasteiger partial charge in [-0.15, -0.1) is 0 Å². The fourth-order valence-corrected chi connectivity index (χ4v) is 3.52. The van der Waals surface area contributed by atoms with Gasteiger partial charge in [-0.25, -0.2) is 13.1 Å². The fourth-order valence-electron chi connectivity index (χ4n) is 1.90. The Morgan fingerprint density at radius 1 is 1.33 bits per heavy atom. The Morgan fingerprint density at radius 3 is 2.61 bits per heavy atom. The summed E-state index contributed by atoms with van der Waals surface area (Å²) in [5, 5.41) is 3.10. The third-order valence-corrected chi connectivity index (χ3v) is 5.12. The topological polar surface area (TPSA) is 67.4 Å². The molecular formula is C11H15IN2O3S. The lowest BCUT2D eigenvalue weighted by atomic mass is 10.2. The number of hydrogen-bond donors (Lipinski definition) is 2. The standard InChI is InChI=1S/C11H15IN2O3S/c1-17-11-7-13-6-10(11)14-18(15,16)9-4-2-8(12)3-5-9/h2-5,10-11,13-14H,6-7H2,1H3/t10?,11-/m1/s1. The van der Waals surface area contributed by atoms with Crippen molar-refractivity contribution in [3.63, 3.8) is 0 Å². The lowest BCUT2D eigenvalue weighted by molar-refractivity contribution is 0.103. The van der Waals surface area contributed by atoms with Crippen molar-refractivity contribution in [3.05, 3.63) is 27.8 Å². The van der Waals surface area contributed by atoms with Crippen molar-refractivity contribution < 1.29 is 13.2 Å². The van der Waals surface area contributed by atoms with Crippen molar-refractivity contribution in [2.45, 2.75) is 17.0 Å². The van der Waals surface area contributed by atoms with E-state index >= 15 is 0 Å². The summed E-state index contributed by atoms with van der Waals surface area (Å²) in [6.07, 6.45) is -0.122. The molecule has 0 aliphatic carbocycles. The van der Waals surface area contributed by atoms with Crippen LogP contribution in [0.25, 0.3) is 0 Å². The van der Waals surface area contributed by atoms with Gasteiger partial charge in [-0.2, -0.15) is 0 Å². The van der Waals surface area contributed by atoms with Crippen molar-refractivity contribution >= 4 is 32.6 Å². The zero-order valence-electron chi connectivity index (χ0n) is 9.89. The van der Waals surface area contributed by atoms with Gasteiger partial charge >= 0.3 is 0 Å². The van der Waals surface area contributed by atoms with Crippen LogP contribution in [0.15, 0.2) is 29.2 Å². The Hall–Kier alpha value is -0.220. The summed E-state index contributed by atoms with van der Waals surface area (Å²) in [5.74, 6) is 0. The zero-order valence-corrected chi connectivity index (χ0v) is 12.9. The average molecular weight is 382 g/mol. The maximum atomic E-state index is 12.2.